The third-order valence-electron chi connectivity index (χ3n) is 4.34. The first-order chi connectivity index (χ1) is 8.60. The monoisotopic (exact) mass is 245 g/mol. The Morgan fingerprint density at radius 2 is 2.17 bits per heavy atom. The maximum Gasteiger partial charge on any atom is 0.123 e. The molecule has 0 radical (unpaired) electrons. The number of fused-ring (bicyclic) bond motifs is 1. The molecule has 98 valence electrons. The number of rotatable bonds is 4. The molecule has 1 atom stereocenters. The van der Waals surface area contributed by atoms with Gasteiger partial charge in [-0.15, -0.1) is 0 Å². The van der Waals surface area contributed by atoms with Crippen LogP contribution in [0, 0.1) is 5.92 Å². The van der Waals surface area contributed by atoms with Gasteiger partial charge in [-0.25, -0.2) is 0 Å². The fourth-order valence-corrected chi connectivity index (χ4v) is 2.86. The quantitative estimate of drug-likeness (QED) is 0.877. The van der Waals surface area contributed by atoms with E-state index in [0.717, 1.165) is 18.3 Å². The number of hydrogen-bond acceptors (Lipinski definition) is 2. The molecule has 2 aliphatic rings. The van der Waals surface area contributed by atoms with Crippen LogP contribution in [-0.2, 0) is 5.41 Å². The Bertz CT molecular complexity index is 448. The summed E-state index contributed by atoms with van der Waals surface area (Å²) in [6.45, 7) is 5.33. The minimum atomic E-state index is 0.156. The maximum absolute atomic E-state index is 5.76. The fourth-order valence-electron chi connectivity index (χ4n) is 2.86. The lowest BCUT2D eigenvalue weighted by Crippen LogP contribution is -2.20. The Balaban J connectivity index is 1.88. The van der Waals surface area contributed by atoms with Crippen molar-refractivity contribution < 1.29 is 4.74 Å². The van der Waals surface area contributed by atoms with E-state index in [2.05, 4.69) is 44.4 Å². The van der Waals surface area contributed by atoms with Crippen molar-refractivity contribution in [2.75, 3.05) is 13.7 Å². The second kappa shape index (κ2) is 4.27. The molecule has 2 heteroatoms. The molecule has 1 saturated carbocycles. The van der Waals surface area contributed by atoms with Gasteiger partial charge >= 0.3 is 0 Å². The summed E-state index contributed by atoms with van der Waals surface area (Å²) in [7, 11) is 2.07. The van der Waals surface area contributed by atoms with Gasteiger partial charge in [-0.2, -0.15) is 0 Å². The SMILES string of the molecule is CNC(CC1CC1)c1ccc2c(c1)C(C)(C)CO2. The highest BCUT2D eigenvalue weighted by Crippen LogP contribution is 2.42. The fraction of sp³-hybridized carbons (Fsp3) is 0.625. The molecule has 1 heterocycles. The second-order valence-electron chi connectivity index (χ2n) is 6.45. The highest BCUT2D eigenvalue weighted by Gasteiger charge is 2.33. The topological polar surface area (TPSA) is 21.3 Å². The lowest BCUT2D eigenvalue weighted by Gasteiger charge is -2.20. The van der Waals surface area contributed by atoms with Gasteiger partial charge in [0, 0.05) is 17.0 Å². The Labute approximate surface area is 110 Å². The van der Waals surface area contributed by atoms with Crippen LogP contribution in [0.5, 0.6) is 5.75 Å². The molecule has 0 aromatic heterocycles. The van der Waals surface area contributed by atoms with Crippen molar-refractivity contribution in [3.8, 4) is 5.75 Å². The van der Waals surface area contributed by atoms with E-state index in [0.29, 0.717) is 6.04 Å². The van der Waals surface area contributed by atoms with Crippen LogP contribution in [-0.4, -0.2) is 13.7 Å². The Hall–Kier alpha value is -1.02. The first kappa shape index (κ1) is 12.0. The van der Waals surface area contributed by atoms with Crippen molar-refractivity contribution in [2.45, 2.75) is 44.6 Å². The van der Waals surface area contributed by atoms with E-state index in [1.165, 1.54) is 30.4 Å². The molecule has 0 saturated heterocycles. The van der Waals surface area contributed by atoms with Crippen molar-refractivity contribution >= 4 is 0 Å². The van der Waals surface area contributed by atoms with Crippen LogP contribution in [0.3, 0.4) is 0 Å². The van der Waals surface area contributed by atoms with E-state index in [1.54, 1.807) is 0 Å². The van der Waals surface area contributed by atoms with Crippen molar-refractivity contribution in [1.29, 1.82) is 0 Å². The lowest BCUT2D eigenvalue weighted by molar-refractivity contribution is 0.291. The van der Waals surface area contributed by atoms with Crippen molar-refractivity contribution in [1.82, 2.24) is 5.32 Å². The summed E-state index contributed by atoms with van der Waals surface area (Å²) in [6, 6.07) is 7.23. The molecule has 1 aromatic carbocycles. The molecule has 1 unspecified atom stereocenters. The van der Waals surface area contributed by atoms with Gasteiger partial charge in [0.1, 0.15) is 5.75 Å². The number of hydrogen-bond donors (Lipinski definition) is 1. The molecule has 0 bridgehead atoms. The summed E-state index contributed by atoms with van der Waals surface area (Å²) in [5.41, 5.74) is 2.95. The summed E-state index contributed by atoms with van der Waals surface area (Å²) < 4.78 is 5.76. The first-order valence-electron chi connectivity index (χ1n) is 7.04. The predicted molar refractivity (Wildman–Crippen MR) is 74.1 cm³/mol. The molecule has 3 rings (SSSR count). The maximum atomic E-state index is 5.76. The van der Waals surface area contributed by atoms with E-state index in [4.69, 9.17) is 4.74 Å². The zero-order chi connectivity index (χ0) is 12.8. The highest BCUT2D eigenvalue weighted by atomic mass is 16.5. The zero-order valence-corrected chi connectivity index (χ0v) is 11.6. The van der Waals surface area contributed by atoms with E-state index in [1.807, 2.05) is 0 Å². The molecule has 0 amide bonds. The van der Waals surface area contributed by atoms with E-state index >= 15 is 0 Å². The van der Waals surface area contributed by atoms with Gasteiger partial charge in [0.25, 0.3) is 0 Å². The third kappa shape index (κ3) is 2.14. The third-order valence-corrected chi connectivity index (χ3v) is 4.34. The van der Waals surface area contributed by atoms with E-state index in [-0.39, 0.29) is 5.41 Å². The normalized spacial score (nSPS) is 22.4. The smallest absolute Gasteiger partial charge is 0.123 e. The summed E-state index contributed by atoms with van der Waals surface area (Å²) in [5, 5.41) is 3.47. The summed E-state index contributed by atoms with van der Waals surface area (Å²) in [6.07, 6.45) is 4.10. The molecule has 1 N–H and O–H groups in total. The summed E-state index contributed by atoms with van der Waals surface area (Å²) in [4.78, 5) is 0. The summed E-state index contributed by atoms with van der Waals surface area (Å²) >= 11 is 0. The second-order valence-corrected chi connectivity index (χ2v) is 6.45. The molecule has 18 heavy (non-hydrogen) atoms. The van der Waals surface area contributed by atoms with Gasteiger partial charge in [0.05, 0.1) is 6.61 Å². The first-order valence-corrected chi connectivity index (χ1v) is 7.04. The average Bonchev–Trinajstić information content (AvgIpc) is 3.12. The van der Waals surface area contributed by atoms with E-state index < -0.39 is 0 Å². The van der Waals surface area contributed by atoms with Crippen molar-refractivity contribution in [3.05, 3.63) is 29.3 Å². The Morgan fingerprint density at radius 1 is 1.39 bits per heavy atom. The molecular weight excluding hydrogens is 222 g/mol. The number of ether oxygens (including phenoxy) is 1. The standard InChI is InChI=1S/C16H23NO/c1-16(2)10-18-15-7-6-12(9-13(15)16)14(17-3)8-11-4-5-11/h6-7,9,11,14,17H,4-5,8,10H2,1-3H3. The Kier molecular flexibility index (Phi) is 2.86. The van der Waals surface area contributed by atoms with Crippen molar-refractivity contribution in [2.24, 2.45) is 5.92 Å². The van der Waals surface area contributed by atoms with Gasteiger partial charge in [0.15, 0.2) is 0 Å². The van der Waals surface area contributed by atoms with Crippen LogP contribution in [0.4, 0.5) is 0 Å². The predicted octanol–water partition coefficient (Wildman–Crippen LogP) is 3.42. The lowest BCUT2D eigenvalue weighted by atomic mass is 9.85. The highest BCUT2D eigenvalue weighted by molar-refractivity contribution is 5.45. The van der Waals surface area contributed by atoms with Gasteiger partial charge in [-0.3, -0.25) is 0 Å². The zero-order valence-electron chi connectivity index (χ0n) is 11.6. The van der Waals surface area contributed by atoms with Gasteiger partial charge in [-0.05, 0) is 37.1 Å². The molecule has 1 fully saturated rings. The molecule has 1 aliphatic heterocycles. The van der Waals surface area contributed by atoms with Crippen LogP contribution >= 0.6 is 0 Å². The van der Waals surface area contributed by atoms with Crippen LogP contribution in [0.25, 0.3) is 0 Å². The van der Waals surface area contributed by atoms with Gasteiger partial charge < -0.3 is 10.1 Å². The number of benzene rings is 1. The molecule has 1 aromatic rings. The minimum Gasteiger partial charge on any atom is -0.492 e. The Morgan fingerprint density at radius 3 is 2.83 bits per heavy atom. The van der Waals surface area contributed by atoms with Crippen LogP contribution in [0.2, 0.25) is 0 Å². The molecule has 1 aliphatic carbocycles. The van der Waals surface area contributed by atoms with Crippen LogP contribution in [0.15, 0.2) is 18.2 Å². The largest absolute Gasteiger partial charge is 0.492 e. The molecule has 2 nitrogen and oxygen atoms in total. The van der Waals surface area contributed by atoms with Crippen LogP contribution in [0.1, 0.15) is 50.3 Å². The van der Waals surface area contributed by atoms with Crippen molar-refractivity contribution in [3.63, 3.8) is 0 Å². The van der Waals surface area contributed by atoms with Gasteiger partial charge in [-0.1, -0.05) is 32.8 Å². The minimum absolute atomic E-state index is 0.156. The molecular formula is C16H23NO. The van der Waals surface area contributed by atoms with E-state index in [9.17, 15) is 0 Å². The average molecular weight is 245 g/mol. The summed E-state index contributed by atoms with van der Waals surface area (Å²) in [5.74, 6) is 2.02. The number of nitrogens with one attached hydrogen (secondary N) is 1. The van der Waals surface area contributed by atoms with Crippen LogP contribution < -0.4 is 10.1 Å². The van der Waals surface area contributed by atoms with Gasteiger partial charge in [0.2, 0.25) is 0 Å². The molecule has 0 spiro atoms.